The predicted molar refractivity (Wildman–Crippen MR) is 484 cm³/mol. The van der Waals surface area contributed by atoms with Crippen molar-refractivity contribution < 1.29 is 159 Å². The van der Waals surface area contributed by atoms with Crippen molar-refractivity contribution in [2.75, 3.05) is 79.3 Å². The molecule has 0 aliphatic heterocycles. The second kappa shape index (κ2) is 37.2. The zero-order valence-corrected chi connectivity index (χ0v) is 81.2. The van der Waals surface area contributed by atoms with Gasteiger partial charge in [0.2, 0.25) is 23.1 Å². The largest absolute Gasteiger partial charge is 0.508 e. The van der Waals surface area contributed by atoms with Crippen LogP contribution in [-0.4, -0.2) is 254 Å². The van der Waals surface area contributed by atoms with Crippen molar-refractivity contribution in [2.24, 2.45) is 114 Å². The van der Waals surface area contributed by atoms with Crippen LogP contribution in [0.5, 0.6) is 0 Å². The van der Waals surface area contributed by atoms with Gasteiger partial charge in [0.25, 0.3) is 5.95 Å². The van der Waals surface area contributed by atoms with E-state index in [0.717, 1.165) is 0 Å². The minimum atomic E-state index is -2.13. The first-order valence-corrected chi connectivity index (χ1v) is 49.4. The van der Waals surface area contributed by atoms with Crippen molar-refractivity contribution in [1.29, 1.82) is 0 Å². The van der Waals surface area contributed by atoms with Gasteiger partial charge >= 0.3 is 18.5 Å². The summed E-state index contributed by atoms with van der Waals surface area (Å²) in [5, 5.41) is 94.9. The SMILES string of the molecule is C=C(OCCCCCCOC(=O)OCC(=O)[C@@]1(O)[C@H](C)C[C@H]2[C@@H]3CCC4=CC(=O)C=C[C@]4(C)[C@@]3(F)[C@@H](O)C[C@@]21C)OCC(=O)[C@@]1(O)[C@H](C)C[C@H]2[C@@H]3CCC4=CC(=O)C=C[C@]4(C)[C@@]3(F)[C@@H](O)C[C@@]21C.C[C@@H]1C[C@H]2[C@@H]3CCC4=CC(=O)C=C[C@]4(C)[C@@]3(F)[C@@H](O)C[C@]2(C)[C@@]1(O)C(=O)COC(=O)OCCOCCOCCOC(=O)OCC(=O)[C@@]1(O)[C@H](C)C[C@H]2[C@@H]3CCC4=CC(=O)C=C[C@]4(C)[C@@]3(F)[C@@H](O)C[C@@]21C. The van der Waals surface area contributed by atoms with Crippen LogP contribution in [0.25, 0.3) is 0 Å². The molecule has 29 nitrogen and oxygen atoms in total. The van der Waals surface area contributed by atoms with Gasteiger partial charge in [0.1, 0.15) is 35.6 Å². The van der Waals surface area contributed by atoms with Crippen LogP contribution < -0.4 is 0 Å². The highest BCUT2D eigenvalue weighted by Gasteiger charge is 2.81. The number of carbonyl (C=O) groups is 11. The molecule has 0 radical (unpaired) electrons. The Morgan fingerprint density at radius 3 is 0.804 bits per heavy atom. The van der Waals surface area contributed by atoms with Crippen LogP contribution in [0.4, 0.5) is 31.9 Å². The molecule has 8 N–H and O–H groups in total. The molecule has 0 heterocycles. The van der Waals surface area contributed by atoms with E-state index in [2.05, 4.69) is 6.58 Å². The minimum absolute atomic E-state index is 0.00856. The second-order valence-corrected chi connectivity index (χ2v) is 44.7. The third-order valence-corrected chi connectivity index (χ3v) is 38.7. The summed E-state index contributed by atoms with van der Waals surface area (Å²) in [5.41, 5.74) is -23.5. The molecule has 0 aromatic carbocycles. The zero-order valence-electron chi connectivity index (χ0n) is 81.2. The number of carbonyl (C=O) groups excluding carboxylic acids is 11. The maximum Gasteiger partial charge on any atom is 0.508 e. The van der Waals surface area contributed by atoms with Crippen LogP contribution in [0.2, 0.25) is 0 Å². The molecule has 16 aliphatic carbocycles. The molecule has 138 heavy (non-hydrogen) atoms. The standard InChI is InChI=1S/C53H70F2O13.C52H68F2O16/c1-30-22-39-37-14-12-33-24-35(56)16-18-46(33,4)50(37,54)41(58)26-48(39,6)52(30,63)43(60)28-67-32(3)65-20-10-8-9-11-21-66-45(62)68-29-44(61)53(64)31(2)23-40-38-15-13-34-25-36(57)17-19-47(34,5)51(38,55)42(59)27-49(40,53)7;1-29-21-37-35-9-7-31-23-33(55)11-13-45(31,3)49(35,53)39(57)25-47(37,5)51(29,63)41(59)27-69-43(61)67-19-17-65-15-16-66-18-20-68-44(62)70-28-42(60)52(64)30(2)22-38-36-10-8-32-24-34(56)12-14-46(32,4)50(36,54)40(58)26-48(38,52)6/h16-19,24-25,30-31,37-42,58-59,63-64H,3,8-15,20-23,26-29H2,1-2,4-7H3;11-14,23-24,29-30,35-40,57-58,63-64H,7-10,15-22,25-28H2,1-6H3/t30-,31-,37+,38+,39+,40+,41+,42+,46+,47+,48+,49+,50+,51+,52+,53+;29-,30-,35+,36+,37+,38+,39+,40+,45+,46+,47+,48+,49+,50+,51+,52+/m11/s1. The monoisotopic (exact) mass is 1940 g/mol. The van der Waals surface area contributed by atoms with Gasteiger partial charge in [-0.15, -0.1) is 0 Å². The third-order valence-electron chi connectivity index (χ3n) is 38.7. The maximum absolute atomic E-state index is 17.5. The van der Waals surface area contributed by atoms with E-state index in [9.17, 15) is 93.6 Å². The van der Waals surface area contributed by atoms with Crippen molar-refractivity contribution >= 4 is 64.7 Å². The molecule has 0 bridgehead atoms. The van der Waals surface area contributed by atoms with Crippen molar-refractivity contribution in [2.45, 2.75) is 281 Å². The van der Waals surface area contributed by atoms with Crippen LogP contribution in [0.15, 0.2) is 108 Å². The number of aliphatic hydroxyl groups is 8. The van der Waals surface area contributed by atoms with E-state index in [1.165, 1.54) is 48.6 Å². The first-order valence-electron chi connectivity index (χ1n) is 49.4. The van der Waals surface area contributed by atoms with Gasteiger partial charge in [-0.3, -0.25) is 38.4 Å². The number of alkyl halides is 4. The number of fused-ring (bicyclic) bond motifs is 20. The number of hydrogen-bond acceptors (Lipinski definition) is 29. The highest BCUT2D eigenvalue weighted by atomic mass is 19.2. The van der Waals surface area contributed by atoms with E-state index < -0.39 is 252 Å². The Labute approximate surface area is 801 Å². The Kier molecular flexibility index (Phi) is 28.0. The Bertz CT molecular complexity index is 4860. The third kappa shape index (κ3) is 15.5. The van der Waals surface area contributed by atoms with Crippen LogP contribution in [0, 0.1) is 114 Å². The Morgan fingerprint density at radius 1 is 0.326 bits per heavy atom. The Hall–Kier alpha value is -8.25. The zero-order chi connectivity index (χ0) is 101. The molecule has 0 aromatic rings. The van der Waals surface area contributed by atoms with Crippen LogP contribution in [0.3, 0.4) is 0 Å². The van der Waals surface area contributed by atoms with Crippen LogP contribution >= 0.6 is 0 Å². The van der Waals surface area contributed by atoms with Crippen molar-refractivity contribution in [3.63, 3.8) is 0 Å². The number of allylic oxidation sites excluding steroid dienone is 16. The number of Topliss-reactive ketones (excluding diaryl/α,β-unsaturated/α-hetero) is 4. The molecule has 0 spiro atoms. The Morgan fingerprint density at radius 2 is 0.551 bits per heavy atom. The lowest BCUT2D eigenvalue weighted by atomic mass is 9.44. The fraction of sp³-hybridized carbons (Fsp3) is 0.724. The molecular formula is C105H138F4O29. The lowest BCUT2D eigenvalue weighted by molar-refractivity contribution is -0.220. The molecule has 0 saturated heterocycles. The fourth-order valence-corrected chi connectivity index (χ4v) is 31.3. The first-order chi connectivity index (χ1) is 64.6. The average Bonchev–Trinajstić information content (AvgIpc) is 1.46. The van der Waals surface area contributed by atoms with Gasteiger partial charge in [0.15, 0.2) is 72.2 Å². The number of aliphatic hydroxyl groups excluding tert-OH is 4. The number of hydrogen-bond donors (Lipinski definition) is 8. The number of rotatable bonds is 30. The minimum Gasteiger partial charge on any atom is -0.466 e. The average molecular weight is 1940 g/mol. The van der Waals surface area contributed by atoms with E-state index in [4.69, 9.17) is 47.4 Å². The van der Waals surface area contributed by atoms with Crippen molar-refractivity contribution in [1.82, 2.24) is 0 Å². The lowest BCUT2D eigenvalue weighted by Gasteiger charge is -2.62. The fourth-order valence-electron chi connectivity index (χ4n) is 31.3. The predicted octanol–water partition coefficient (Wildman–Crippen LogP) is 12.2. The molecule has 33 heteroatoms. The number of ether oxygens (including phenoxy) is 10. The molecule has 0 unspecified atom stereocenters. The van der Waals surface area contributed by atoms with E-state index in [-0.39, 0.29) is 108 Å². The van der Waals surface area contributed by atoms with Crippen molar-refractivity contribution in [3.8, 4) is 0 Å². The summed E-state index contributed by atoms with van der Waals surface area (Å²) in [5.74, 6) is -10.9. The highest BCUT2D eigenvalue weighted by Crippen LogP contribution is 2.77. The summed E-state index contributed by atoms with van der Waals surface area (Å²) in [6, 6.07) is 0. The molecule has 12 fully saturated rings. The molecule has 12 saturated carbocycles. The van der Waals surface area contributed by atoms with E-state index in [0.29, 0.717) is 125 Å². The van der Waals surface area contributed by atoms with Crippen LogP contribution in [0.1, 0.15) is 212 Å². The summed E-state index contributed by atoms with van der Waals surface area (Å²) in [6.07, 6.45) is 14.0. The molecular weight excluding hydrogens is 1800 g/mol. The van der Waals surface area contributed by atoms with E-state index >= 15 is 17.6 Å². The number of ketones is 8. The van der Waals surface area contributed by atoms with Gasteiger partial charge in [-0.25, -0.2) is 31.9 Å². The lowest BCUT2D eigenvalue weighted by Crippen LogP contribution is -2.69. The highest BCUT2D eigenvalue weighted by molar-refractivity contribution is 6.03. The first kappa shape index (κ1) is 104. The number of halogens is 4. The van der Waals surface area contributed by atoms with Crippen LogP contribution in [-0.2, 0) is 85.7 Å². The normalized spacial score (nSPS) is 44.8. The summed E-state index contributed by atoms with van der Waals surface area (Å²) in [4.78, 5) is 141. The van der Waals surface area contributed by atoms with E-state index in [1.807, 2.05) is 0 Å². The molecule has 16 aliphatic rings. The summed E-state index contributed by atoms with van der Waals surface area (Å²) >= 11 is 0. The summed E-state index contributed by atoms with van der Waals surface area (Å²) in [6.45, 7) is 21.1. The summed E-state index contributed by atoms with van der Waals surface area (Å²) < 4.78 is 122. The smallest absolute Gasteiger partial charge is 0.466 e. The molecule has 16 rings (SSSR count). The molecule has 0 aromatic heterocycles. The van der Waals surface area contributed by atoms with Crippen molar-refractivity contribution in [3.05, 3.63) is 108 Å². The second-order valence-electron chi connectivity index (χ2n) is 44.7. The Balaban J connectivity index is 0.000000209. The van der Waals surface area contributed by atoms with Gasteiger partial charge in [-0.1, -0.05) is 102 Å². The van der Waals surface area contributed by atoms with Gasteiger partial charge in [-0.2, -0.15) is 0 Å². The molecule has 32 atom stereocenters. The number of unbranched alkanes of at least 4 members (excludes halogenated alkanes) is 3. The van der Waals surface area contributed by atoms with Gasteiger partial charge < -0.3 is 88.2 Å². The van der Waals surface area contributed by atoms with Gasteiger partial charge in [0, 0.05) is 67.0 Å². The molecule has 0 amide bonds. The topological polar surface area (TPSA) is 442 Å². The van der Waals surface area contributed by atoms with Gasteiger partial charge in [0.05, 0.1) is 64.1 Å². The van der Waals surface area contributed by atoms with E-state index in [1.54, 1.807) is 107 Å². The molecule has 760 valence electrons. The van der Waals surface area contributed by atoms with Gasteiger partial charge in [-0.05, 0) is 259 Å². The summed E-state index contributed by atoms with van der Waals surface area (Å²) in [7, 11) is 0. The maximum atomic E-state index is 17.5. The quantitative estimate of drug-likeness (QED) is 0.0109.